The zero-order chi connectivity index (χ0) is 34.5. The van der Waals surface area contributed by atoms with Gasteiger partial charge in [0.2, 0.25) is 0 Å². The van der Waals surface area contributed by atoms with E-state index in [0.717, 1.165) is 36.9 Å². The first-order valence-corrected chi connectivity index (χ1v) is 16.8. The average molecular weight is 691 g/mol. The van der Waals surface area contributed by atoms with Gasteiger partial charge in [0.1, 0.15) is 17.3 Å². The van der Waals surface area contributed by atoms with E-state index in [1.807, 2.05) is 4.90 Å². The average Bonchev–Trinajstić information content (AvgIpc) is 3.43. The molecule has 1 amide bonds. The maximum absolute atomic E-state index is 14.2. The standard InChI is InChI=1S/C33H41F3N6O5S/c1-32(2)10-4-11-41(20-32)19-26-28(22-6-7-25(47-15-5-14-46-3)23(16-22)33(34,35)36)39-31(48-26)40-29(43)24-17-38-27(18-37-24)42-12-8-21(9-13-42)30(44)45/h6-7,16-18,21H,4-5,8-15,19-20H2,1-3H3,(H,44,45)(H,39,40,43). The first-order chi connectivity index (χ1) is 22.8. The first kappa shape index (κ1) is 35.5. The van der Waals surface area contributed by atoms with Gasteiger partial charge in [0.05, 0.1) is 36.2 Å². The summed E-state index contributed by atoms with van der Waals surface area (Å²) in [5.41, 5.74) is -0.123. The number of piperidine rings is 2. The van der Waals surface area contributed by atoms with Crippen molar-refractivity contribution in [1.29, 1.82) is 0 Å². The van der Waals surface area contributed by atoms with Crippen LogP contribution in [0.2, 0.25) is 0 Å². The second-order valence-corrected chi connectivity index (χ2v) is 14.1. The van der Waals surface area contributed by atoms with E-state index in [1.165, 1.54) is 36.9 Å². The first-order valence-electron chi connectivity index (χ1n) is 16.0. The molecule has 4 heterocycles. The van der Waals surface area contributed by atoms with Gasteiger partial charge in [0, 0.05) is 56.8 Å². The molecule has 3 aromatic rings. The highest BCUT2D eigenvalue weighted by molar-refractivity contribution is 7.16. The van der Waals surface area contributed by atoms with Crippen LogP contribution in [0, 0.1) is 11.3 Å². The third-order valence-corrected chi connectivity index (χ3v) is 9.57. The smallest absolute Gasteiger partial charge is 0.419 e. The highest BCUT2D eigenvalue weighted by Crippen LogP contribution is 2.41. The number of carboxylic acid groups (broad SMARTS) is 1. The molecule has 0 radical (unpaired) electrons. The number of carbonyl (C=O) groups is 2. The Morgan fingerprint density at radius 3 is 2.54 bits per heavy atom. The Morgan fingerprint density at radius 2 is 1.90 bits per heavy atom. The minimum absolute atomic E-state index is 0.0459. The number of carbonyl (C=O) groups excluding carboxylic acids is 1. The number of aromatic nitrogens is 3. The van der Waals surface area contributed by atoms with E-state index in [0.29, 0.717) is 57.0 Å². The van der Waals surface area contributed by atoms with Crippen molar-refractivity contribution in [3.05, 3.63) is 46.7 Å². The lowest BCUT2D eigenvalue weighted by atomic mass is 9.84. The molecule has 0 bridgehead atoms. The lowest BCUT2D eigenvalue weighted by Crippen LogP contribution is -2.39. The zero-order valence-electron chi connectivity index (χ0n) is 27.3. The molecule has 1 aromatic carbocycles. The minimum atomic E-state index is -4.66. The molecule has 0 atom stereocenters. The predicted molar refractivity (Wildman–Crippen MR) is 175 cm³/mol. The van der Waals surface area contributed by atoms with Crippen molar-refractivity contribution in [3.8, 4) is 17.0 Å². The summed E-state index contributed by atoms with van der Waals surface area (Å²) in [5, 5.41) is 12.2. The van der Waals surface area contributed by atoms with Gasteiger partial charge in [-0.05, 0) is 55.8 Å². The molecule has 5 rings (SSSR count). The SMILES string of the molecule is COCCCOc1ccc(-c2nc(NC(=O)c3cnc(N4CCC(C(=O)O)CC4)cn3)sc2CN2CCCC(C)(C)C2)cc1C(F)(F)F. The zero-order valence-corrected chi connectivity index (χ0v) is 28.1. The second kappa shape index (κ2) is 15.2. The van der Waals surface area contributed by atoms with Crippen LogP contribution < -0.4 is 15.0 Å². The number of nitrogens with one attached hydrogen (secondary N) is 1. The summed E-state index contributed by atoms with van der Waals surface area (Å²) < 4.78 is 53.1. The van der Waals surface area contributed by atoms with Crippen LogP contribution >= 0.6 is 11.3 Å². The number of aliphatic carboxylic acids is 1. The predicted octanol–water partition coefficient (Wildman–Crippen LogP) is 6.21. The van der Waals surface area contributed by atoms with Crippen LogP contribution in [-0.2, 0) is 22.3 Å². The van der Waals surface area contributed by atoms with E-state index in [2.05, 4.69) is 39.0 Å². The number of alkyl halides is 3. The molecular formula is C33H41F3N6O5S. The summed E-state index contributed by atoms with van der Waals surface area (Å²) in [6.45, 7) is 8.02. The summed E-state index contributed by atoms with van der Waals surface area (Å²) in [6.07, 6.45) is 1.69. The maximum Gasteiger partial charge on any atom is 0.419 e. The van der Waals surface area contributed by atoms with E-state index in [1.54, 1.807) is 6.07 Å². The van der Waals surface area contributed by atoms with Crippen LogP contribution in [0.15, 0.2) is 30.6 Å². The summed E-state index contributed by atoms with van der Waals surface area (Å²) in [6, 6.07) is 3.94. The molecule has 0 aliphatic carbocycles. The number of thiazole rings is 1. The number of halogens is 3. The quantitative estimate of drug-likeness (QED) is 0.212. The molecule has 2 aromatic heterocycles. The third kappa shape index (κ3) is 8.99. The Kier molecular flexibility index (Phi) is 11.2. The summed E-state index contributed by atoms with van der Waals surface area (Å²) in [4.78, 5) is 42.7. The van der Waals surface area contributed by atoms with Gasteiger partial charge < -0.3 is 19.5 Å². The van der Waals surface area contributed by atoms with E-state index in [4.69, 9.17) is 9.47 Å². The molecule has 11 nitrogen and oxygen atoms in total. The number of methoxy groups -OCH3 is 1. The van der Waals surface area contributed by atoms with Crippen molar-refractivity contribution in [2.24, 2.45) is 11.3 Å². The molecule has 2 aliphatic rings. The number of ether oxygens (including phenoxy) is 2. The summed E-state index contributed by atoms with van der Waals surface area (Å²) >= 11 is 1.22. The van der Waals surface area contributed by atoms with Crippen LogP contribution in [0.4, 0.5) is 24.1 Å². The number of nitrogens with zero attached hydrogens (tertiary/aromatic N) is 5. The summed E-state index contributed by atoms with van der Waals surface area (Å²) in [5.74, 6) is -1.46. The monoisotopic (exact) mass is 690 g/mol. The van der Waals surface area contributed by atoms with Gasteiger partial charge >= 0.3 is 12.1 Å². The molecule has 15 heteroatoms. The van der Waals surface area contributed by atoms with E-state index >= 15 is 0 Å². The number of hydrogen-bond acceptors (Lipinski definition) is 10. The van der Waals surface area contributed by atoms with Gasteiger partial charge in [-0.25, -0.2) is 15.0 Å². The molecular weight excluding hydrogens is 649 g/mol. The van der Waals surface area contributed by atoms with Crippen LogP contribution in [0.25, 0.3) is 11.3 Å². The van der Waals surface area contributed by atoms with Crippen molar-refractivity contribution in [3.63, 3.8) is 0 Å². The number of amides is 1. The van der Waals surface area contributed by atoms with Crippen molar-refractivity contribution >= 4 is 34.2 Å². The van der Waals surface area contributed by atoms with Gasteiger partial charge in [-0.3, -0.25) is 19.8 Å². The van der Waals surface area contributed by atoms with Crippen LogP contribution in [-0.4, -0.2) is 83.3 Å². The molecule has 0 unspecified atom stereocenters. The Labute approximate surface area is 281 Å². The van der Waals surface area contributed by atoms with Crippen LogP contribution in [0.3, 0.4) is 0 Å². The third-order valence-electron chi connectivity index (χ3n) is 8.61. The Bertz CT molecular complexity index is 1570. The number of rotatable bonds is 12. The van der Waals surface area contributed by atoms with Gasteiger partial charge in [-0.15, -0.1) is 0 Å². The molecule has 260 valence electrons. The van der Waals surface area contributed by atoms with Crippen LogP contribution in [0.1, 0.15) is 66.9 Å². The summed E-state index contributed by atoms with van der Waals surface area (Å²) in [7, 11) is 1.52. The Hall–Kier alpha value is -3.82. The number of anilines is 2. The lowest BCUT2D eigenvalue weighted by Gasteiger charge is -2.37. The number of benzene rings is 1. The van der Waals surface area contributed by atoms with Crippen molar-refractivity contribution in [1.82, 2.24) is 19.9 Å². The van der Waals surface area contributed by atoms with Gasteiger partial charge in [-0.2, -0.15) is 13.2 Å². The van der Waals surface area contributed by atoms with Gasteiger partial charge in [0.15, 0.2) is 5.13 Å². The van der Waals surface area contributed by atoms with Crippen molar-refractivity contribution in [2.45, 2.75) is 58.7 Å². The fourth-order valence-corrected chi connectivity index (χ4v) is 7.17. The minimum Gasteiger partial charge on any atom is -0.493 e. The van der Waals surface area contributed by atoms with E-state index in [-0.39, 0.29) is 40.1 Å². The Morgan fingerprint density at radius 1 is 1.12 bits per heavy atom. The molecule has 2 saturated heterocycles. The van der Waals surface area contributed by atoms with Crippen molar-refractivity contribution < 1.29 is 37.3 Å². The molecule has 2 N–H and O–H groups in total. The van der Waals surface area contributed by atoms with E-state index < -0.39 is 23.6 Å². The van der Waals surface area contributed by atoms with Crippen molar-refractivity contribution in [2.75, 3.05) is 56.7 Å². The maximum atomic E-state index is 14.2. The van der Waals surface area contributed by atoms with Gasteiger partial charge in [0.25, 0.3) is 5.91 Å². The van der Waals surface area contributed by atoms with Gasteiger partial charge in [-0.1, -0.05) is 25.2 Å². The number of likely N-dealkylation sites (tertiary alicyclic amines) is 1. The number of hydrogen-bond donors (Lipinski definition) is 2. The lowest BCUT2D eigenvalue weighted by molar-refractivity contribution is -0.142. The van der Waals surface area contributed by atoms with E-state index in [9.17, 15) is 27.9 Å². The van der Waals surface area contributed by atoms with Crippen LogP contribution in [0.5, 0.6) is 5.75 Å². The largest absolute Gasteiger partial charge is 0.493 e. The molecule has 2 fully saturated rings. The second-order valence-electron chi connectivity index (χ2n) is 13.0. The highest BCUT2D eigenvalue weighted by Gasteiger charge is 2.36. The fraction of sp³-hybridized carbons (Fsp3) is 0.545. The molecule has 2 aliphatic heterocycles. The molecule has 48 heavy (non-hydrogen) atoms. The topological polar surface area (TPSA) is 130 Å². The fourth-order valence-electron chi connectivity index (χ4n) is 6.15. The normalized spacial score (nSPS) is 17.3. The highest BCUT2D eigenvalue weighted by atomic mass is 32.1. The molecule has 0 spiro atoms. The Balaban J connectivity index is 1.38. The number of carboxylic acids is 1. The molecule has 0 saturated carbocycles.